The number of benzene rings is 2. The van der Waals surface area contributed by atoms with Crippen LogP contribution >= 0.6 is 0 Å². The number of ether oxygens (including phenoxy) is 1. The molecule has 1 amide bonds. The summed E-state index contributed by atoms with van der Waals surface area (Å²) in [5.41, 5.74) is 2.99. The second-order valence-corrected chi connectivity index (χ2v) is 5.85. The first-order valence-electron chi connectivity index (χ1n) is 8.90. The van der Waals surface area contributed by atoms with Crippen LogP contribution in [-0.2, 0) is 6.42 Å². The van der Waals surface area contributed by atoms with Crippen molar-refractivity contribution < 1.29 is 9.53 Å². The predicted octanol–water partition coefficient (Wildman–Crippen LogP) is 4.43. The van der Waals surface area contributed by atoms with E-state index in [1.807, 2.05) is 55.5 Å². The quantitative estimate of drug-likeness (QED) is 0.650. The number of carbonyl (C=O) groups excluding carboxylic acids is 1. The highest BCUT2D eigenvalue weighted by Gasteiger charge is 2.10. The molecule has 0 fully saturated rings. The van der Waals surface area contributed by atoms with E-state index in [-0.39, 0.29) is 11.6 Å². The van der Waals surface area contributed by atoms with E-state index in [1.165, 1.54) is 18.0 Å². The van der Waals surface area contributed by atoms with Crippen molar-refractivity contribution >= 4 is 23.1 Å². The molecular weight excluding hydrogens is 340 g/mol. The maximum absolute atomic E-state index is 12.3. The molecule has 6 nitrogen and oxygen atoms in total. The number of hydrogen-bond acceptors (Lipinski definition) is 5. The van der Waals surface area contributed by atoms with Crippen LogP contribution in [0.4, 0.5) is 17.2 Å². The highest BCUT2D eigenvalue weighted by atomic mass is 16.5. The summed E-state index contributed by atoms with van der Waals surface area (Å²) in [4.78, 5) is 20.8. The molecule has 3 aromatic rings. The molecule has 27 heavy (non-hydrogen) atoms. The van der Waals surface area contributed by atoms with Gasteiger partial charge in [0.1, 0.15) is 17.3 Å². The average molecular weight is 362 g/mol. The fourth-order valence-corrected chi connectivity index (χ4v) is 2.52. The highest BCUT2D eigenvalue weighted by Crippen LogP contribution is 2.26. The lowest BCUT2D eigenvalue weighted by Gasteiger charge is -2.11. The summed E-state index contributed by atoms with van der Waals surface area (Å²) in [6.07, 6.45) is 3.93. The number of nitrogens with one attached hydrogen (secondary N) is 2. The lowest BCUT2D eigenvalue weighted by molar-refractivity contribution is 0.102. The number of carbonyl (C=O) groups is 1. The number of anilines is 3. The Balaban J connectivity index is 1.66. The van der Waals surface area contributed by atoms with E-state index in [0.29, 0.717) is 12.4 Å². The summed E-state index contributed by atoms with van der Waals surface area (Å²) in [7, 11) is 0. The maximum atomic E-state index is 12.3. The fraction of sp³-hybridized carbons (Fsp3) is 0.190. The molecule has 2 N–H and O–H groups in total. The first-order valence-corrected chi connectivity index (χ1v) is 8.90. The minimum Gasteiger partial charge on any atom is -0.492 e. The third kappa shape index (κ3) is 4.82. The summed E-state index contributed by atoms with van der Waals surface area (Å²) in [6.45, 7) is 4.59. The Morgan fingerprint density at radius 3 is 2.44 bits per heavy atom. The number of nitrogens with zero attached hydrogens (tertiary/aromatic N) is 2. The first kappa shape index (κ1) is 18.4. The molecule has 0 aliphatic heterocycles. The van der Waals surface area contributed by atoms with Crippen LogP contribution in [0.15, 0.2) is 60.9 Å². The van der Waals surface area contributed by atoms with Gasteiger partial charge in [0, 0.05) is 5.69 Å². The van der Waals surface area contributed by atoms with Gasteiger partial charge in [-0.3, -0.25) is 4.79 Å². The standard InChI is InChI=1S/C21H22N4O2/c1-3-15-9-11-16(12-10-15)24-21(26)18-13-23-20(14-22-18)25-17-7-5-6-8-19(17)27-4-2/h5-14H,3-4H2,1-2H3,(H,23,25)(H,24,26). The number of amides is 1. The third-order valence-electron chi connectivity index (χ3n) is 3.95. The number of aryl methyl sites for hydroxylation is 1. The lowest BCUT2D eigenvalue weighted by Crippen LogP contribution is -2.14. The van der Waals surface area contributed by atoms with Crippen molar-refractivity contribution in [3.8, 4) is 5.75 Å². The van der Waals surface area contributed by atoms with E-state index < -0.39 is 0 Å². The van der Waals surface area contributed by atoms with Crippen molar-refractivity contribution in [1.29, 1.82) is 0 Å². The van der Waals surface area contributed by atoms with E-state index >= 15 is 0 Å². The van der Waals surface area contributed by atoms with Crippen LogP contribution in [0.3, 0.4) is 0 Å². The van der Waals surface area contributed by atoms with Crippen LogP contribution < -0.4 is 15.4 Å². The smallest absolute Gasteiger partial charge is 0.275 e. The Labute approximate surface area is 158 Å². The molecule has 2 aromatic carbocycles. The Morgan fingerprint density at radius 1 is 1.00 bits per heavy atom. The maximum Gasteiger partial charge on any atom is 0.275 e. The van der Waals surface area contributed by atoms with Gasteiger partial charge in [-0.15, -0.1) is 0 Å². The summed E-state index contributed by atoms with van der Waals surface area (Å²) in [5.74, 6) is 0.971. The molecule has 0 spiro atoms. The predicted molar refractivity (Wildman–Crippen MR) is 107 cm³/mol. The minimum atomic E-state index is -0.298. The molecular formula is C21H22N4O2. The molecule has 0 aliphatic rings. The highest BCUT2D eigenvalue weighted by molar-refractivity contribution is 6.02. The molecule has 138 valence electrons. The average Bonchev–Trinajstić information content (AvgIpc) is 2.71. The number of para-hydroxylation sites is 2. The number of hydrogen-bond donors (Lipinski definition) is 2. The van der Waals surface area contributed by atoms with Crippen molar-refractivity contribution in [2.75, 3.05) is 17.2 Å². The van der Waals surface area contributed by atoms with Crippen LogP contribution in [0.5, 0.6) is 5.75 Å². The van der Waals surface area contributed by atoms with Crippen molar-refractivity contribution in [1.82, 2.24) is 9.97 Å². The van der Waals surface area contributed by atoms with Gasteiger partial charge in [0.05, 0.1) is 24.7 Å². The van der Waals surface area contributed by atoms with E-state index in [2.05, 4.69) is 27.5 Å². The van der Waals surface area contributed by atoms with Crippen LogP contribution in [-0.4, -0.2) is 22.5 Å². The van der Waals surface area contributed by atoms with Gasteiger partial charge >= 0.3 is 0 Å². The van der Waals surface area contributed by atoms with Crippen LogP contribution in [0, 0.1) is 0 Å². The molecule has 0 atom stereocenters. The van der Waals surface area contributed by atoms with Crippen molar-refractivity contribution in [2.45, 2.75) is 20.3 Å². The van der Waals surface area contributed by atoms with E-state index in [0.717, 1.165) is 23.5 Å². The van der Waals surface area contributed by atoms with Crippen LogP contribution in [0.2, 0.25) is 0 Å². The van der Waals surface area contributed by atoms with E-state index in [1.54, 1.807) is 0 Å². The third-order valence-corrected chi connectivity index (χ3v) is 3.95. The molecule has 1 aromatic heterocycles. The normalized spacial score (nSPS) is 10.3. The zero-order valence-corrected chi connectivity index (χ0v) is 15.4. The molecule has 1 heterocycles. The largest absolute Gasteiger partial charge is 0.492 e. The van der Waals surface area contributed by atoms with Gasteiger partial charge in [-0.2, -0.15) is 0 Å². The zero-order chi connectivity index (χ0) is 19.1. The Hall–Kier alpha value is -3.41. The minimum absolute atomic E-state index is 0.248. The van der Waals surface area contributed by atoms with E-state index in [4.69, 9.17) is 4.74 Å². The number of aromatic nitrogens is 2. The van der Waals surface area contributed by atoms with Crippen LogP contribution in [0.25, 0.3) is 0 Å². The monoisotopic (exact) mass is 362 g/mol. The zero-order valence-electron chi connectivity index (χ0n) is 15.4. The summed E-state index contributed by atoms with van der Waals surface area (Å²) in [6, 6.07) is 15.3. The van der Waals surface area contributed by atoms with Gasteiger partial charge in [0.15, 0.2) is 0 Å². The van der Waals surface area contributed by atoms with Gasteiger partial charge in [-0.05, 0) is 43.2 Å². The Kier molecular flexibility index (Phi) is 5.99. The van der Waals surface area contributed by atoms with Gasteiger partial charge in [0.2, 0.25) is 0 Å². The first-order chi connectivity index (χ1) is 13.2. The fourth-order valence-electron chi connectivity index (χ4n) is 2.52. The van der Waals surface area contributed by atoms with Gasteiger partial charge in [-0.25, -0.2) is 9.97 Å². The molecule has 0 bridgehead atoms. The summed E-state index contributed by atoms with van der Waals surface area (Å²) >= 11 is 0. The topological polar surface area (TPSA) is 76.1 Å². The molecule has 6 heteroatoms. The molecule has 0 saturated heterocycles. The molecule has 3 rings (SSSR count). The molecule has 0 radical (unpaired) electrons. The second kappa shape index (κ2) is 8.80. The van der Waals surface area contributed by atoms with Crippen molar-refractivity contribution in [3.05, 3.63) is 72.2 Å². The summed E-state index contributed by atoms with van der Waals surface area (Å²) < 4.78 is 5.58. The molecule has 0 aliphatic carbocycles. The van der Waals surface area contributed by atoms with Gasteiger partial charge < -0.3 is 15.4 Å². The Bertz CT molecular complexity index is 893. The van der Waals surface area contributed by atoms with Crippen molar-refractivity contribution in [2.24, 2.45) is 0 Å². The second-order valence-electron chi connectivity index (χ2n) is 5.85. The van der Waals surface area contributed by atoms with Gasteiger partial charge in [0.25, 0.3) is 5.91 Å². The Morgan fingerprint density at radius 2 is 1.78 bits per heavy atom. The number of rotatable bonds is 7. The lowest BCUT2D eigenvalue weighted by atomic mass is 10.1. The van der Waals surface area contributed by atoms with Crippen LogP contribution in [0.1, 0.15) is 29.9 Å². The van der Waals surface area contributed by atoms with E-state index in [9.17, 15) is 4.79 Å². The van der Waals surface area contributed by atoms with Crippen molar-refractivity contribution in [3.63, 3.8) is 0 Å². The summed E-state index contributed by atoms with van der Waals surface area (Å²) in [5, 5.41) is 5.98. The van der Waals surface area contributed by atoms with Gasteiger partial charge in [-0.1, -0.05) is 31.2 Å². The molecule has 0 unspecified atom stereocenters. The SMILES string of the molecule is CCOc1ccccc1Nc1cnc(C(=O)Nc2ccc(CC)cc2)cn1. The molecule has 0 saturated carbocycles.